The van der Waals surface area contributed by atoms with Crippen molar-refractivity contribution in [2.45, 2.75) is 6.10 Å². The molecule has 0 saturated carbocycles. The summed E-state index contributed by atoms with van der Waals surface area (Å²) in [5, 5.41) is 9.56. The summed E-state index contributed by atoms with van der Waals surface area (Å²) in [6.45, 7) is -0.146. The number of hydrogen-bond acceptors (Lipinski definition) is 5. The van der Waals surface area contributed by atoms with Crippen LogP contribution in [0.5, 0.6) is 5.75 Å². The third-order valence-corrected chi connectivity index (χ3v) is 4.68. The highest BCUT2D eigenvalue weighted by molar-refractivity contribution is 5.90. The van der Waals surface area contributed by atoms with Gasteiger partial charge in [0.15, 0.2) is 5.82 Å². The van der Waals surface area contributed by atoms with E-state index < -0.39 is 0 Å². The van der Waals surface area contributed by atoms with Crippen molar-refractivity contribution in [2.24, 2.45) is 0 Å². The first kappa shape index (κ1) is 20.3. The molecule has 4 aromatic rings. The molecule has 0 fully saturated rings. The van der Waals surface area contributed by atoms with E-state index in [-0.39, 0.29) is 24.6 Å². The third kappa shape index (κ3) is 4.96. The van der Waals surface area contributed by atoms with Crippen LogP contribution in [0.1, 0.15) is 17.2 Å². The van der Waals surface area contributed by atoms with E-state index in [9.17, 15) is 4.79 Å². The van der Waals surface area contributed by atoms with Crippen LogP contribution in [0, 0.1) is 0 Å². The largest absolute Gasteiger partial charge is 0.496 e. The molecule has 3 aromatic carbocycles. The number of rotatable bonds is 8. The van der Waals surface area contributed by atoms with E-state index in [0.29, 0.717) is 11.6 Å². The standard InChI is InChI=1S/C24H22N4O3/c1-30-20-15-9-8-14-19(20)23-26-24(28-27-23)25-21(29)16-31-22(17-10-4-2-5-11-17)18-12-6-3-7-13-18/h2-15,22H,16H2,1H3,(H2,25,26,27,28,29). The number of amides is 1. The molecular weight excluding hydrogens is 392 g/mol. The van der Waals surface area contributed by atoms with E-state index in [0.717, 1.165) is 16.7 Å². The summed E-state index contributed by atoms with van der Waals surface area (Å²) in [5.74, 6) is 0.987. The van der Waals surface area contributed by atoms with Crippen LogP contribution < -0.4 is 10.1 Å². The molecule has 1 heterocycles. The van der Waals surface area contributed by atoms with Gasteiger partial charge in [-0.3, -0.25) is 15.2 Å². The fourth-order valence-electron chi connectivity index (χ4n) is 3.24. The van der Waals surface area contributed by atoms with Gasteiger partial charge in [0.2, 0.25) is 5.95 Å². The van der Waals surface area contributed by atoms with E-state index in [2.05, 4.69) is 20.5 Å². The zero-order chi connectivity index (χ0) is 21.5. The van der Waals surface area contributed by atoms with Gasteiger partial charge in [-0.2, -0.15) is 4.98 Å². The number of H-pyrrole nitrogens is 1. The molecule has 0 atom stereocenters. The molecule has 31 heavy (non-hydrogen) atoms. The smallest absolute Gasteiger partial charge is 0.252 e. The van der Waals surface area contributed by atoms with Crippen molar-refractivity contribution in [3.05, 3.63) is 96.1 Å². The fraction of sp³-hybridized carbons (Fsp3) is 0.125. The van der Waals surface area contributed by atoms with E-state index in [1.165, 1.54) is 0 Å². The highest BCUT2D eigenvalue weighted by Gasteiger charge is 2.17. The van der Waals surface area contributed by atoms with Gasteiger partial charge < -0.3 is 9.47 Å². The number of nitrogens with zero attached hydrogens (tertiary/aromatic N) is 2. The zero-order valence-corrected chi connectivity index (χ0v) is 17.0. The Morgan fingerprint density at radius 2 is 1.55 bits per heavy atom. The van der Waals surface area contributed by atoms with Crippen LogP contribution in [0.2, 0.25) is 0 Å². The first-order chi connectivity index (χ1) is 15.2. The summed E-state index contributed by atoms with van der Waals surface area (Å²) >= 11 is 0. The summed E-state index contributed by atoms with van der Waals surface area (Å²) in [4.78, 5) is 16.8. The Morgan fingerprint density at radius 1 is 0.935 bits per heavy atom. The number of para-hydroxylation sites is 1. The van der Waals surface area contributed by atoms with Crippen LogP contribution in [0.3, 0.4) is 0 Å². The summed E-state index contributed by atoms with van der Waals surface area (Å²) < 4.78 is 11.3. The highest BCUT2D eigenvalue weighted by atomic mass is 16.5. The molecular formula is C24H22N4O3. The number of aromatic nitrogens is 3. The van der Waals surface area contributed by atoms with Gasteiger partial charge in [-0.1, -0.05) is 72.8 Å². The lowest BCUT2D eigenvalue weighted by atomic mass is 10.0. The van der Waals surface area contributed by atoms with E-state index in [4.69, 9.17) is 9.47 Å². The molecule has 0 aliphatic heterocycles. The zero-order valence-electron chi connectivity index (χ0n) is 17.0. The van der Waals surface area contributed by atoms with Gasteiger partial charge in [0.1, 0.15) is 18.5 Å². The number of hydrogen-bond donors (Lipinski definition) is 2. The molecule has 4 rings (SSSR count). The normalized spacial score (nSPS) is 10.8. The van der Waals surface area contributed by atoms with Crippen LogP contribution in [-0.4, -0.2) is 34.8 Å². The maximum atomic E-state index is 12.5. The van der Waals surface area contributed by atoms with Gasteiger partial charge in [-0.25, -0.2) is 0 Å². The van der Waals surface area contributed by atoms with Crippen molar-refractivity contribution >= 4 is 11.9 Å². The molecule has 0 aliphatic carbocycles. The molecule has 7 nitrogen and oxygen atoms in total. The van der Waals surface area contributed by atoms with Crippen LogP contribution >= 0.6 is 0 Å². The second-order valence-corrected chi connectivity index (χ2v) is 6.77. The quantitative estimate of drug-likeness (QED) is 0.451. The third-order valence-electron chi connectivity index (χ3n) is 4.68. The van der Waals surface area contributed by atoms with Crippen molar-refractivity contribution in [1.82, 2.24) is 15.2 Å². The van der Waals surface area contributed by atoms with Crippen LogP contribution in [0.25, 0.3) is 11.4 Å². The summed E-state index contributed by atoms with van der Waals surface area (Å²) in [5.41, 5.74) is 2.69. The maximum absolute atomic E-state index is 12.5. The number of aromatic amines is 1. The minimum atomic E-state index is -0.357. The first-order valence-corrected chi connectivity index (χ1v) is 9.81. The number of carbonyl (C=O) groups excluding carboxylic acids is 1. The first-order valence-electron chi connectivity index (χ1n) is 9.81. The topological polar surface area (TPSA) is 89.1 Å². The Labute approximate surface area is 180 Å². The summed E-state index contributed by atoms with van der Waals surface area (Å²) in [6.07, 6.45) is -0.357. The van der Waals surface area contributed by atoms with Crippen molar-refractivity contribution in [1.29, 1.82) is 0 Å². The Hall–Kier alpha value is -3.97. The Bertz CT molecular complexity index is 1090. The van der Waals surface area contributed by atoms with Crippen molar-refractivity contribution in [2.75, 3.05) is 19.0 Å². The van der Waals surface area contributed by atoms with E-state index in [1.807, 2.05) is 84.9 Å². The molecule has 0 bridgehead atoms. The molecule has 2 N–H and O–H groups in total. The van der Waals surface area contributed by atoms with E-state index in [1.54, 1.807) is 7.11 Å². The average Bonchev–Trinajstić information content (AvgIpc) is 3.28. The predicted octanol–water partition coefficient (Wildman–Crippen LogP) is 4.23. The number of carbonyl (C=O) groups is 1. The van der Waals surface area contributed by atoms with Crippen molar-refractivity contribution in [3.63, 3.8) is 0 Å². The summed E-state index contributed by atoms with van der Waals surface area (Å²) in [7, 11) is 1.59. The molecule has 7 heteroatoms. The Kier molecular flexibility index (Phi) is 6.35. The molecule has 0 aliphatic rings. The molecule has 1 aromatic heterocycles. The van der Waals surface area contributed by atoms with Crippen LogP contribution in [0.15, 0.2) is 84.9 Å². The lowest BCUT2D eigenvalue weighted by Gasteiger charge is -2.18. The van der Waals surface area contributed by atoms with Gasteiger partial charge in [0.05, 0.1) is 12.7 Å². The minimum absolute atomic E-state index is 0.146. The lowest BCUT2D eigenvalue weighted by molar-refractivity contribution is -0.122. The fourth-order valence-corrected chi connectivity index (χ4v) is 3.24. The van der Waals surface area contributed by atoms with Crippen molar-refractivity contribution in [3.8, 4) is 17.1 Å². The van der Waals surface area contributed by atoms with Crippen LogP contribution in [0.4, 0.5) is 5.95 Å². The van der Waals surface area contributed by atoms with Crippen molar-refractivity contribution < 1.29 is 14.3 Å². The molecule has 0 saturated heterocycles. The number of methoxy groups -OCH3 is 1. The average molecular weight is 414 g/mol. The van der Waals surface area contributed by atoms with Gasteiger partial charge in [0.25, 0.3) is 5.91 Å². The lowest BCUT2D eigenvalue weighted by Crippen LogP contribution is -2.21. The second-order valence-electron chi connectivity index (χ2n) is 6.77. The van der Waals surface area contributed by atoms with Gasteiger partial charge in [-0.05, 0) is 23.3 Å². The van der Waals surface area contributed by atoms with Gasteiger partial charge in [0, 0.05) is 0 Å². The highest BCUT2D eigenvalue weighted by Crippen LogP contribution is 2.27. The number of ether oxygens (including phenoxy) is 2. The van der Waals surface area contributed by atoms with Gasteiger partial charge >= 0.3 is 0 Å². The predicted molar refractivity (Wildman–Crippen MR) is 118 cm³/mol. The van der Waals surface area contributed by atoms with Gasteiger partial charge in [-0.15, -0.1) is 5.10 Å². The minimum Gasteiger partial charge on any atom is -0.496 e. The van der Waals surface area contributed by atoms with E-state index >= 15 is 0 Å². The molecule has 0 radical (unpaired) electrons. The molecule has 0 spiro atoms. The SMILES string of the molecule is COc1ccccc1-c1nc(NC(=O)COC(c2ccccc2)c2ccccc2)n[nH]1. The number of nitrogens with one attached hydrogen (secondary N) is 2. The van der Waals surface area contributed by atoms with Crippen LogP contribution in [-0.2, 0) is 9.53 Å². The Balaban J connectivity index is 1.43. The number of benzene rings is 3. The monoisotopic (exact) mass is 414 g/mol. The number of anilines is 1. The molecule has 1 amide bonds. The summed E-state index contributed by atoms with van der Waals surface area (Å²) in [6, 6.07) is 27.0. The Morgan fingerprint density at radius 3 is 2.19 bits per heavy atom. The second kappa shape index (κ2) is 9.69. The molecule has 0 unspecified atom stereocenters. The maximum Gasteiger partial charge on any atom is 0.252 e. The molecule has 156 valence electrons.